The largest absolute Gasteiger partial charge is 0.335 e. The van der Waals surface area contributed by atoms with Crippen LogP contribution >= 0.6 is 11.6 Å². The maximum absolute atomic E-state index is 12.6. The van der Waals surface area contributed by atoms with Crippen LogP contribution in [0.5, 0.6) is 0 Å². The second kappa shape index (κ2) is 5.74. The maximum Gasteiger partial charge on any atom is 0.240 e. The zero-order valence-corrected chi connectivity index (χ0v) is 12.6. The summed E-state index contributed by atoms with van der Waals surface area (Å²) in [5.74, 6) is 0.246. The monoisotopic (exact) mass is 292 g/mol. The van der Waals surface area contributed by atoms with Crippen molar-refractivity contribution in [2.75, 3.05) is 6.54 Å². The Morgan fingerprint density at radius 1 is 1.35 bits per heavy atom. The fourth-order valence-corrected chi connectivity index (χ4v) is 3.12. The van der Waals surface area contributed by atoms with E-state index >= 15 is 0 Å². The van der Waals surface area contributed by atoms with Gasteiger partial charge in [-0.15, -0.1) is 0 Å². The molecule has 1 N–H and O–H groups in total. The molecule has 1 aliphatic carbocycles. The molecule has 1 aliphatic heterocycles. The van der Waals surface area contributed by atoms with E-state index < -0.39 is 0 Å². The fraction of sp³-hybridized carbons (Fsp3) is 0.562. The minimum absolute atomic E-state index is 0.0119. The molecule has 1 heterocycles. The number of carbonyl (C=O) groups is 1. The van der Waals surface area contributed by atoms with Crippen LogP contribution in [0.15, 0.2) is 24.3 Å². The van der Waals surface area contributed by atoms with Crippen LogP contribution in [0.3, 0.4) is 0 Å². The van der Waals surface area contributed by atoms with Gasteiger partial charge in [-0.3, -0.25) is 4.79 Å². The minimum Gasteiger partial charge on any atom is -0.335 e. The van der Waals surface area contributed by atoms with E-state index in [1.807, 2.05) is 29.2 Å². The highest BCUT2D eigenvalue weighted by Gasteiger charge is 2.35. The summed E-state index contributed by atoms with van der Waals surface area (Å²) >= 11 is 6.05. The Labute approximate surface area is 125 Å². The van der Waals surface area contributed by atoms with Gasteiger partial charge in [0.25, 0.3) is 0 Å². The molecule has 0 spiro atoms. The molecule has 1 saturated carbocycles. The second-order valence-corrected chi connectivity index (χ2v) is 6.33. The molecule has 3 nitrogen and oxygen atoms in total. The molecule has 0 bridgehead atoms. The summed E-state index contributed by atoms with van der Waals surface area (Å²) in [7, 11) is 0. The number of nitrogens with one attached hydrogen (secondary N) is 1. The van der Waals surface area contributed by atoms with Crippen molar-refractivity contribution in [1.82, 2.24) is 10.2 Å². The molecule has 1 amide bonds. The van der Waals surface area contributed by atoms with Crippen LogP contribution in [0, 0.1) is 0 Å². The molecular formula is C16H21ClN2O. The minimum atomic E-state index is 0.0119. The zero-order chi connectivity index (χ0) is 14.1. The van der Waals surface area contributed by atoms with E-state index in [0.29, 0.717) is 6.04 Å². The molecule has 20 heavy (non-hydrogen) atoms. The number of carbonyl (C=O) groups excluding carboxylic acids is 1. The molecule has 4 heteroatoms. The third-order valence-electron chi connectivity index (χ3n) is 4.29. The molecule has 1 aromatic rings. The quantitative estimate of drug-likeness (QED) is 0.924. The smallest absolute Gasteiger partial charge is 0.240 e. The maximum atomic E-state index is 12.6. The predicted octanol–water partition coefficient (Wildman–Crippen LogP) is 3.14. The van der Waals surface area contributed by atoms with Crippen molar-refractivity contribution >= 4 is 17.5 Å². The Morgan fingerprint density at radius 3 is 2.85 bits per heavy atom. The summed E-state index contributed by atoms with van der Waals surface area (Å²) in [6, 6.07) is 8.49. The van der Waals surface area contributed by atoms with Gasteiger partial charge in [-0.05, 0) is 50.3 Å². The van der Waals surface area contributed by atoms with Crippen LogP contribution in [-0.2, 0) is 4.79 Å². The Hall–Kier alpha value is -1.06. The van der Waals surface area contributed by atoms with E-state index in [4.69, 9.17) is 11.6 Å². The molecule has 2 atom stereocenters. The van der Waals surface area contributed by atoms with E-state index in [2.05, 4.69) is 12.2 Å². The highest BCUT2D eigenvalue weighted by Crippen LogP contribution is 2.28. The van der Waals surface area contributed by atoms with Gasteiger partial charge in [0.1, 0.15) is 0 Å². The Bertz CT molecular complexity index is 501. The highest BCUT2D eigenvalue weighted by molar-refractivity contribution is 6.30. The van der Waals surface area contributed by atoms with Gasteiger partial charge in [-0.2, -0.15) is 0 Å². The van der Waals surface area contributed by atoms with Crippen molar-refractivity contribution in [3.05, 3.63) is 34.9 Å². The van der Waals surface area contributed by atoms with Crippen molar-refractivity contribution in [3.63, 3.8) is 0 Å². The summed E-state index contributed by atoms with van der Waals surface area (Å²) in [4.78, 5) is 14.6. The molecule has 0 aromatic heterocycles. The van der Waals surface area contributed by atoms with E-state index in [9.17, 15) is 4.79 Å². The molecule has 3 rings (SSSR count). The molecule has 2 aliphatic rings. The predicted molar refractivity (Wildman–Crippen MR) is 80.8 cm³/mol. The molecule has 108 valence electrons. The third kappa shape index (κ3) is 2.99. The topological polar surface area (TPSA) is 32.3 Å². The third-order valence-corrected chi connectivity index (χ3v) is 4.52. The zero-order valence-electron chi connectivity index (χ0n) is 11.8. The number of halogens is 1. The van der Waals surface area contributed by atoms with E-state index in [1.165, 1.54) is 12.8 Å². The van der Waals surface area contributed by atoms with Gasteiger partial charge < -0.3 is 10.2 Å². The fourth-order valence-electron chi connectivity index (χ4n) is 2.92. The standard InChI is InChI=1S/C16H21ClN2O/c1-11(12-4-2-5-13(17)10-12)19-9-3-6-15(16(19)20)18-14-7-8-14/h2,4-5,10-11,14-15,18H,3,6-9H2,1H3. The van der Waals surface area contributed by atoms with Gasteiger partial charge in [-0.25, -0.2) is 0 Å². The van der Waals surface area contributed by atoms with E-state index in [-0.39, 0.29) is 18.0 Å². The number of benzene rings is 1. The lowest BCUT2D eigenvalue weighted by Crippen LogP contribution is -2.51. The summed E-state index contributed by atoms with van der Waals surface area (Å²) in [6.07, 6.45) is 4.47. The number of rotatable bonds is 4. The van der Waals surface area contributed by atoms with Crippen molar-refractivity contribution in [2.24, 2.45) is 0 Å². The van der Waals surface area contributed by atoms with Crippen molar-refractivity contribution in [1.29, 1.82) is 0 Å². The van der Waals surface area contributed by atoms with Gasteiger partial charge in [0.15, 0.2) is 0 Å². The van der Waals surface area contributed by atoms with Crippen LogP contribution in [0.2, 0.25) is 5.02 Å². The molecule has 2 unspecified atom stereocenters. The van der Waals surface area contributed by atoms with Gasteiger partial charge in [0.2, 0.25) is 5.91 Å². The molecule has 2 fully saturated rings. The average Bonchev–Trinajstić information content (AvgIpc) is 3.24. The van der Waals surface area contributed by atoms with Crippen LogP contribution in [-0.4, -0.2) is 29.4 Å². The Balaban J connectivity index is 1.72. The number of nitrogens with zero attached hydrogens (tertiary/aromatic N) is 1. The van der Waals surface area contributed by atoms with Gasteiger partial charge in [0.05, 0.1) is 12.1 Å². The number of likely N-dealkylation sites (tertiary alicyclic amines) is 1. The second-order valence-electron chi connectivity index (χ2n) is 5.90. The highest BCUT2D eigenvalue weighted by atomic mass is 35.5. The lowest BCUT2D eigenvalue weighted by atomic mass is 9.99. The van der Waals surface area contributed by atoms with Gasteiger partial charge in [-0.1, -0.05) is 23.7 Å². The summed E-state index contributed by atoms with van der Waals surface area (Å²) in [6.45, 7) is 2.93. The van der Waals surface area contributed by atoms with Crippen LogP contribution < -0.4 is 5.32 Å². The van der Waals surface area contributed by atoms with E-state index in [0.717, 1.165) is 30.0 Å². The van der Waals surface area contributed by atoms with Gasteiger partial charge >= 0.3 is 0 Å². The summed E-state index contributed by atoms with van der Waals surface area (Å²) < 4.78 is 0. The first-order valence-corrected chi connectivity index (χ1v) is 7.85. The molecule has 0 radical (unpaired) electrons. The Morgan fingerprint density at radius 2 is 2.15 bits per heavy atom. The lowest BCUT2D eigenvalue weighted by molar-refractivity contribution is -0.138. The Kier molecular flexibility index (Phi) is 3.99. The van der Waals surface area contributed by atoms with Crippen LogP contribution in [0.1, 0.15) is 44.2 Å². The van der Waals surface area contributed by atoms with Crippen LogP contribution in [0.25, 0.3) is 0 Å². The molecule has 1 saturated heterocycles. The van der Waals surface area contributed by atoms with Crippen LogP contribution in [0.4, 0.5) is 0 Å². The van der Waals surface area contributed by atoms with Crippen molar-refractivity contribution in [3.8, 4) is 0 Å². The van der Waals surface area contributed by atoms with Crippen molar-refractivity contribution in [2.45, 2.75) is 50.7 Å². The first-order valence-electron chi connectivity index (χ1n) is 7.47. The first kappa shape index (κ1) is 13.9. The normalized spacial score (nSPS) is 24.8. The number of hydrogen-bond donors (Lipinski definition) is 1. The summed E-state index contributed by atoms with van der Waals surface area (Å²) in [5.41, 5.74) is 1.11. The summed E-state index contributed by atoms with van der Waals surface area (Å²) in [5, 5.41) is 4.20. The SMILES string of the molecule is CC(c1cccc(Cl)c1)N1CCCC(NC2CC2)C1=O. The molecular weight excluding hydrogens is 272 g/mol. The van der Waals surface area contributed by atoms with Gasteiger partial charge in [0, 0.05) is 17.6 Å². The molecule has 1 aromatic carbocycles. The van der Waals surface area contributed by atoms with E-state index in [1.54, 1.807) is 0 Å². The average molecular weight is 293 g/mol. The first-order chi connectivity index (χ1) is 9.65. The number of piperidine rings is 1. The van der Waals surface area contributed by atoms with Crippen molar-refractivity contribution < 1.29 is 4.79 Å². The lowest BCUT2D eigenvalue weighted by Gasteiger charge is -2.37. The number of hydrogen-bond acceptors (Lipinski definition) is 2. The number of amides is 1.